The number of carbonyl (C=O) groups is 2. The van der Waals surface area contributed by atoms with E-state index in [-0.39, 0.29) is 17.4 Å². The Balaban J connectivity index is 0.000000360. The fraction of sp³-hybridized carbons (Fsp3) is 0.476. The van der Waals surface area contributed by atoms with E-state index >= 15 is 0 Å². The summed E-state index contributed by atoms with van der Waals surface area (Å²) in [5, 5.41) is 7.12. The molecule has 1 amide bonds. The van der Waals surface area contributed by atoms with Gasteiger partial charge in [-0.15, -0.1) is 0 Å². The van der Waals surface area contributed by atoms with Crippen molar-refractivity contribution in [3.63, 3.8) is 0 Å². The van der Waals surface area contributed by atoms with Gasteiger partial charge in [0.2, 0.25) is 0 Å². The van der Waals surface area contributed by atoms with Gasteiger partial charge in [-0.2, -0.15) is 13.2 Å². The number of carboxylic acids is 1. The lowest BCUT2D eigenvalue weighted by molar-refractivity contribution is -0.192. The third-order valence-corrected chi connectivity index (χ3v) is 5.55. The Morgan fingerprint density at radius 2 is 2.12 bits per heavy atom. The summed E-state index contributed by atoms with van der Waals surface area (Å²) in [4.78, 5) is 30.6. The molecule has 0 bridgehead atoms. The maximum atomic E-state index is 12.7. The Morgan fingerprint density at radius 1 is 1.34 bits per heavy atom. The van der Waals surface area contributed by atoms with E-state index in [4.69, 9.17) is 19.4 Å². The fourth-order valence-corrected chi connectivity index (χ4v) is 3.99. The lowest BCUT2D eigenvalue weighted by Gasteiger charge is -2.43. The molecule has 1 aliphatic carbocycles. The van der Waals surface area contributed by atoms with Crippen LogP contribution < -0.4 is 4.74 Å². The first-order valence-corrected chi connectivity index (χ1v) is 10.1. The molecule has 3 heterocycles. The number of pyridine rings is 1. The zero-order valence-electron chi connectivity index (χ0n) is 17.2. The van der Waals surface area contributed by atoms with Gasteiger partial charge < -0.3 is 24.5 Å². The molecule has 4 rings (SSSR count). The molecule has 2 atom stereocenters. The number of amides is 1. The number of carboxylic acid groups (broad SMARTS) is 1. The number of H-pyrrole nitrogens is 1. The van der Waals surface area contributed by atoms with Crippen molar-refractivity contribution in [3.8, 4) is 5.75 Å². The molecule has 1 aliphatic heterocycles. The van der Waals surface area contributed by atoms with Crippen LogP contribution in [0, 0.1) is 5.92 Å². The SMILES string of the molecule is O=C(O)C(F)(F)F.O=C(c1ccc[nH]1)N1CCO[C@]2(CCC[C@@H]2COc2cccnc2)C1. The highest BCUT2D eigenvalue weighted by atomic mass is 19.4. The van der Waals surface area contributed by atoms with Crippen LogP contribution in [-0.2, 0) is 9.53 Å². The first-order valence-electron chi connectivity index (χ1n) is 10.1. The average Bonchev–Trinajstić information content (AvgIpc) is 3.43. The number of aromatic amines is 1. The number of carbonyl (C=O) groups excluding carboxylic acids is 1. The molecule has 1 saturated heterocycles. The molecular weight excluding hydrogens is 431 g/mol. The summed E-state index contributed by atoms with van der Waals surface area (Å²) in [5.41, 5.74) is 0.348. The molecule has 0 unspecified atom stereocenters. The molecule has 2 aliphatic rings. The second-order valence-corrected chi connectivity index (χ2v) is 7.62. The summed E-state index contributed by atoms with van der Waals surface area (Å²) >= 11 is 0. The standard InChI is InChI=1S/C19H23N3O3.C2HF3O2/c23-18(17-6-3-9-21-17)22-10-11-25-19(14-22)7-1-4-15(19)13-24-16-5-2-8-20-12-16;3-2(4,5)1(6)7/h2-3,5-6,8-9,12,15,21H,1,4,7,10-11,13-14H2;(H,6,7)/t15-,19-;/m1./s1. The zero-order chi connectivity index (χ0) is 23.2. The number of alkyl halides is 3. The average molecular weight is 455 g/mol. The van der Waals surface area contributed by atoms with Crippen LogP contribution in [-0.4, -0.2) is 69.9 Å². The first-order chi connectivity index (χ1) is 15.2. The van der Waals surface area contributed by atoms with Crippen LogP contribution >= 0.6 is 0 Å². The van der Waals surface area contributed by atoms with Gasteiger partial charge >= 0.3 is 12.1 Å². The molecule has 0 radical (unpaired) electrons. The van der Waals surface area contributed by atoms with E-state index in [0.717, 1.165) is 25.0 Å². The molecule has 11 heteroatoms. The molecule has 2 aromatic rings. The van der Waals surface area contributed by atoms with Crippen LogP contribution in [0.5, 0.6) is 5.75 Å². The highest BCUT2D eigenvalue weighted by molar-refractivity contribution is 5.92. The topological polar surface area (TPSA) is 105 Å². The van der Waals surface area contributed by atoms with Crippen molar-refractivity contribution in [2.45, 2.75) is 31.0 Å². The Hall–Kier alpha value is -3.08. The number of nitrogens with one attached hydrogen (secondary N) is 1. The van der Waals surface area contributed by atoms with Gasteiger partial charge in [-0.3, -0.25) is 9.78 Å². The normalized spacial score (nSPS) is 22.8. The van der Waals surface area contributed by atoms with Gasteiger partial charge in [-0.1, -0.05) is 0 Å². The largest absolute Gasteiger partial charge is 0.492 e. The zero-order valence-corrected chi connectivity index (χ0v) is 17.2. The minimum atomic E-state index is -5.08. The number of hydrogen-bond acceptors (Lipinski definition) is 5. The molecule has 32 heavy (non-hydrogen) atoms. The minimum absolute atomic E-state index is 0.0477. The van der Waals surface area contributed by atoms with Gasteiger partial charge in [-0.25, -0.2) is 4.79 Å². The number of aliphatic carboxylic acids is 1. The van der Waals surface area contributed by atoms with E-state index in [1.165, 1.54) is 0 Å². The molecule has 174 valence electrons. The lowest BCUT2D eigenvalue weighted by atomic mass is 9.89. The van der Waals surface area contributed by atoms with Gasteiger partial charge in [0, 0.05) is 24.9 Å². The second kappa shape index (κ2) is 10.0. The van der Waals surface area contributed by atoms with E-state index in [0.29, 0.717) is 32.0 Å². The van der Waals surface area contributed by atoms with Crippen molar-refractivity contribution in [3.05, 3.63) is 48.5 Å². The highest BCUT2D eigenvalue weighted by Gasteiger charge is 2.48. The van der Waals surface area contributed by atoms with Gasteiger partial charge in [0.25, 0.3) is 5.91 Å². The molecule has 1 spiro atoms. The van der Waals surface area contributed by atoms with Crippen LogP contribution in [0.3, 0.4) is 0 Å². The molecule has 1 saturated carbocycles. The van der Waals surface area contributed by atoms with Gasteiger partial charge in [-0.05, 0) is 43.5 Å². The van der Waals surface area contributed by atoms with Crippen molar-refractivity contribution in [1.29, 1.82) is 0 Å². The first kappa shape index (κ1) is 23.6. The fourth-order valence-electron chi connectivity index (χ4n) is 3.99. The van der Waals surface area contributed by atoms with Crippen molar-refractivity contribution >= 4 is 11.9 Å². The Labute approximate surface area is 182 Å². The van der Waals surface area contributed by atoms with Crippen molar-refractivity contribution in [2.75, 3.05) is 26.3 Å². The summed E-state index contributed by atoms with van der Waals surface area (Å²) in [6.45, 7) is 2.44. The monoisotopic (exact) mass is 455 g/mol. The predicted octanol–water partition coefficient (Wildman–Crippen LogP) is 3.13. The van der Waals surface area contributed by atoms with Crippen molar-refractivity contribution in [1.82, 2.24) is 14.9 Å². The minimum Gasteiger partial charge on any atom is -0.492 e. The molecule has 0 aromatic carbocycles. The van der Waals surface area contributed by atoms with Crippen molar-refractivity contribution < 1.29 is 37.3 Å². The van der Waals surface area contributed by atoms with Crippen LogP contribution in [0.15, 0.2) is 42.9 Å². The summed E-state index contributed by atoms with van der Waals surface area (Å²) in [6, 6.07) is 7.46. The summed E-state index contributed by atoms with van der Waals surface area (Å²) in [7, 11) is 0. The number of aromatic nitrogens is 2. The maximum absolute atomic E-state index is 12.7. The summed E-state index contributed by atoms with van der Waals surface area (Å²) in [5.74, 6) is -1.65. The second-order valence-electron chi connectivity index (χ2n) is 7.62. The smallest absolute Gasteiger partial charge is 0.490 e. The van der Waals surface area contributed by atoms with Crippen LogP contribution in [0.1, 0.15) is 29.8 Å². The number of halogens is 3. The number of morpholine rings is 1. The third-order valence-electron chi connectivity index (χ3n) is 5.55. The third kappa shape index (κ3) is 5.78. The predicted molar refractivity (Wildman–Crippen MR) is 106 cm³/mol. The Morgan fingerprint density at radius 3 is 2.75 bits per heavy atom. The van der Waals surface area contributed by atoms with Gasteiger partial charge in [0.15, 0.2) is 0 Å². The maximum Gasteiger partial charge on any atom is 0.490 e. The number of rotatable bonds is 4. The highest BCUT2D eigenvalue weighted by Crippen LogP contribution is 2.41. The quantitative estimate of drug-likeness (QED) is 0.734. The summed E-state index contributed by atoms with van der Waals surface area (Å²) in [6.07, 6.45) is 3.30. The van der Waals surface area contributed by atoms with E-state index in [1.54, 1.807) is 18.6 Å². The number of nitrogens with zero attached hydrogens (tertiary/aromatic N) is 2. The summed E-state index contributed by atoms with van der Waals surface area (Å²) < 4.78 is 43.9. The molecule has 2 aromatic heterocycles. The molecular formula is C21H24F3N3O5. The lowest BCUT2D eigenvalue weighted by Crippen LogP contribution is -2.56. The molecule has 8 nitrogen and oxygen atoms in total. The molecule has 2 N–H and O–H groups in total. The Kier molecular flexibility index (Phi) is 7.39. The van der Waals surface area contributed by atoms with Crippen LogP contribution in [0.25, 0.3) is 0 Å². The number of hydrogen-bond donors (Lipinski definition) is 2. The van der Waals surface area contributed by atoms with Crippen LogP contribution in [0.2, 0.25) is 0 Å². The van der Waals surface area contributed by atoms with E-state index in [9.17, 15) is 18.0 Å². The van der Waals surface area contributed by atoms with Crippen molar-refractivity contribution in [2.24, 2.45) is 5.92 Å². The number of ether oxygens (including phenoxy) is 2. The Bertz CT molecular complexity index is 892. The van der Waals surface area contributed by atoms with E-state index in [2.05, 4.69) is 9.97 Å². The van der Waals surface area contributed by atoms with E-state index in [1.807, 2.05) is 29.2 Å². The van der Waals surface area contributed by atoms with E-state index < -0.39 is 12.1 Å². The molecule has 2 fully saturated rings. The van der Waals surface area contributed by atoms with Gasteiger partial charge in [0.1, 0.15) is 11.4 Å². The van der Waals surface area contributed by atoms with Gasteiger partial charge in [0.05, 0.1) is 31.6 Å². The van der Waals surface area contributed by atoms with Crippen LogP contribution in [0.4, 0.5) is 13.2 Å².